The molecule has 2 fully saturated rings. The molecule has 4 aromatic rings. The number of aromatic amines is 1. The average molecular weight is 579 g/mol. The molecule has 2 aromatic heterocycles. The number of aromatic nitrogens is 4. The Morgan fingerprint density at radius 3 is 2.67 bits per heavy atom. The molecule has 0 aliphatic carbocycles. The number of anilines is 2. The number of carbonyl (C=O) groups excluding carboxylic acids is 2. The molecular formula is C28H28Cl2N8O2. The van der Waals surface area contributed by atoms with Gasteiger partial charge in [0.25, 0.3) is 0 Å². The topological polar surface area (TPSA) is 119 Å². The molecule has 0 radical (unpaired) electrons. The summed E-state index contributed by atoms with van der Waals surface area (Å²) in [5, 5.41) is 14.4. The molecule has 10 nitrogen and oxygen atoms in total. The average Bonchev–Trinajstić information content (AvgIpc) is 3.37. The number of piperidine rings is 1. The molecule has 12 heteroatoms. The van der Waals surface area contributed by atoms with Gasteiger partial charge in [-0.05, 0) is 43.5 Å². The minimum atomic E-state index is -0.374. The van der Waals surface area contributed by atoms with Gasteiger partial charge >= 0.3 is 6.03 Å². The van der Waals surface area contributed by atoms with Crippen molar-refractivity contribution in [3.8, 4) is 11.3 Å². The summed E-state index contributed by atoms with van der Waals surface area (Å²) in [4.78, 5) is 37.0. The van der Waals surface area contributed by atoms with Crippen LogP contribution in [0.25, 0.3) is 22.4 Å². The van der Waals surface area contributed by atoms with Crippen LogP contribution in [-0.2, 0) is 11.3 Å². The molecule has 3 amide bonds. The zero-order valence-corrected chi connectivity index (χ0v) is 23.4. The van der Waals surface area contributed by atoms with E-state index in [9.17, 15) is 9.59 Å². The normalized spacial score (nSPS) is 17.4. The third kappa shape index (κ3) is 5.22. The van der Waals surface area contributed by atoms with Crippen molar-refractivity contribution in [2.24, 2.45) is 0 Å². The van der Waals surface area contributed by atoms with Crippen molar-refractivity contribution in [2.45, 2.75) is 38.3 Å². The summed E-state index contributed by atoms with van der Waals surface area (Å²) in [7, 11) is 0. The second-order valence-electron chi connectivity index (χ2n) is 10.4. The summed E-state index contributed by atoms with van der Waals surface area (Å²) >= 11 is 12.6. The van der Waals surface area contributed by atoms with Crippen LogP contribution in [0, 0.1) is 0 Å². The van der Waals surface area contributed by atoms with Crippen molar-refractivity contribution in [3.05, 3.63) is 64.3 Å². The lowest BCUT2D eigenvalue weighted by atomic mass is 9.89. The number of fused-ring (bicyclic) bond motifs is 1. The smallest absolute Gasteiger partial charge is 0.328 e. The highest BCUT2D eigenvalue weighted by molar-refractivity contribution is 6.43. The van der Waals surface area contributed by atoms with E-state index in [2.05, 4.69) is 37.6 Å². The van der Waals surface area contributed by atoms with E-state index in [0.29, 0.717) is 46.4 Å². The standard InChI is InChI=1S/C28H28Cl2N8O2/c1-28(32-15-17-4-2-5-18(14-17)38-11-8-22(39)34-27(38)40)9-12-37(13-10-28)21-16-31-25-24(35-36-26(25)33-21)19-6-3-7-20(29)23(19)30/h2-7,14,16,32H,8-13,15H2,1H3,(H,33,35,36)(H,34,39,40). The second kappa shape index (κ2) is 10.7. The number of amides is 3. The minimum Gasteiger partial charge on any atom is -0.355 e. The number of imide groups is 1. The van der Waals surface area contributed by atoms with E-state index >= 15 is 0 Å². The number of nitrogens with one attached hydrogen (secondary N) is 3. The fourth-order valence-electron chi connectivity index (χ4n) is 5.19. The summed E-state index contributed by atoms with van der Waals surface area (Å²) in [5.41, 5.74) is 4.42. The molecule has 0 unspecified atom stereocenters. The van der Waals surface area contributed by atoms with E-state index < -0.39 is 0 Å². The van der Waals surface area contributed by atoms with Gasteiger partial charge in [0.2, 0.25) is 11.6 Å². The SMILES string of the molecule is CC1(NCc2cccc(N3CCC(=O)NC3=O)c2)CCN(c2cnc3c(-c4cccc(Cl)c4Cl)[nH]nc3n2)CC1. The molecule has 0 bridgehead atoms. The van der Waals surface area contributed by atoms with E-state index in [-0.39, 0.29) is 17.5 Å². The number of halogens is 2. The molecule has 3 N–H and O–H groups in total. The second-order valence-corrected chi connectivity index (χ2v) is 11.2. The number of rotatable bonds is 6. The van der Waals surface area contributed by atoms with Crippen LogP contribution in [0.5, 0.6) is 0 Å². The number of urea groups is 1. The highest BCUT2D eigenvalue weighted by Crippen LogP contribution is 2.35. The van der Waals surface area contributed by atoms with E-state index in [1.54, 1.807) is 17.2 Å². The highest BCUT2D eigenvalue weighted by Gasteiger charge is 2.31. The van der Waals surface area contributed by atoms with E-state index in [0.717, 1.165) is 48.6 Å². The largest absolute Gasteiger partial charge is 0.355 e. The van der Waals surface area contributed by atoms with Gasteiger partial charge in [-0.1, -0.05) is 47.5 Å². The van der Waals surface area contributed by atoms with Crippen LogP contribution in [0.15, 0.2) is 48.7 Å². The van der Waals surface area contributed by atoms with Gasteiger partial charge in [0, 0.05) is 49.4 Å². The molecule has 0 atom stereocenters. The summed E-state index contributed by atoms with van der Waals surface area (Å²) in [6, 6.07) is 13.0. The van der Waals surface area contributed by atoms with Gasteiger partial charge in [0.05, 0.1) is 21.9 Å². The first-order valence-corrected chi connectivity index (χ1v) is 13.9. The van der Waals surface area contributed by atoms with Gasteiger partial charge in [-0.2, -0.15) is 5.10 Å². The summed E-state index contributed by atoms with van der Waals surface area (Å²) in [6.45, 7) is 4.94. The van der Waals surface area contributed by atoms with Crippen LogP contribution in [0.4, 0.5) is 16.3 Å². The number of H-pyrrole nitrogens is 1. The van der Waals surface area contributed by atoms with E-state index in [4.69, 9.17) is 28.2 Å². The Balaban J connectivity index is 1.09. The maximum atomic E-state index is 12.2. The molecule has 206 valence electrons. The highest BCUT2D eigenvalue weighted by atomic mass is 35.5. The molecular weight excluding hydrogens is 551 g/mol. The summed E-state index contributed by atoms with van der Waals surface area (Å²) in [5.74, 6) is 0.552. The van der Waals surface area contributed by atoms with Crippen LogP contribution in [0.3, 0.4) is 0 Å². The van der Waals surface area contributed by atoms with Gasteiger partial charge in [0.1, 0.15) is 11.3 Å². The van der Waals surface area contributed by atoms with Gasteiger partial charge in [-0.3, -0.25) is 20.1 Å². The first-order valence-electron chi connectivity index (χ1n) is 13.2. The van der Waals surface area contributed by atoms with E-state index in [1.165, 1.54) is 0 Å². The number of hydrogen-bond acceptors (Lipinski definition) is 7. The van der Waals surface area contributed by atoms with Gasteiger partial charge in [0.15, 0.2) is 0 Å². The Hall–Kier alpha value is -3.73. The molecule has 2 aliphatic rings. The van der Waals surface area contributed by atoms with E-state index in [1.807, 2.05) is 36.4 Å². The van der Waals surface area contributed by atoms with Crippen LogP contribution in [0.2, 0.25) is 10.0 Å². The van der Waals surface area contributed by atoms with Crippen molar-refractivity contribution >= 4 is 57.8 Å². The van der Waals surface area contributed by atoms with Crippen molar-refractivity contribution in [1.29, 1.82) is 0 Å². The molecule has 2 saturated heterocycles. The van der Waals surface area contributed by atoms with Crippen LogP contribution >= 0.6 is 23.2 Å². The lowest BCUT2D eigenvalue weighted by molar-refractivity contribution is -0.120. The zero-order chi connectivity index (χ0) is 27.9. The van der Waals surface area contributed by atoms with Crippen molar-refractivity contribution in [1.82, 2.24) is 30.8 Å². The lowest BCUT2D eigenvalue weighted by Gasteiger charge is -2.40. The molecule has 6 rings (SSSR count). The predicted octanol–water partition coefficient (Wildman–Crippen LogP) is 4.92. The number of benzene rings is 2. The molecule has 0 saturated carbocycles. The third-order valence-corrected chi connectivity index (χ3v) is 8.48. The van der Waals surface area contributed by atoms with Crippen molar-refractivity contribution in [2.75, 3.05) is 29.4 Å². The fourth-order valence-corrected chi connectivity index (χ4v) is 5.58. The maximum Gasteiger partial charge on any atom is 0.328 e. The minimum absolute atomic E-state index is 0.0538. The van der Waals surface area contributed by atoms with Gasteiger partial charge in [-0.15, -0.1) is 0 Å². The van der Waals surface area contributed by atoms with Crippen molar-refractivity contribution in [3.63, 3.8) is 0 Å². The molecule has 0 spiro atoms. The summed E-state index contributed by atoms with van der Waals surface area (Å²) in [6.07, 6.45) is 3.93. The lowest BCUT2D eigenvalue weighted by Crippen LogP contribution is -2.51. The van der Waals surface area contributed by atoms with Gasteiger partial charge in [-0.25, -0.2) is 14.8 Å². The maximum absolute atomic E-state index is 12.2. The summed E-state index contributed by atoms with van der Waals surface area (Å²) < 4.78 is 0. The quantitative estimate of drug-likeness (QED) is 0.297. The van der Waals surface area contributed by atoms with Gasteiger partial charge < -0.3 is 10.2 Å². The Morgan fingerprint density at radius 2 is 1.88 bits per heavy atom. The monoisotopic (exact) mass is 578 g/mol. The Morgan fingerprint density at radius 1 is 1.07 bits per heavy atom. The van der Waals surface area contributed by atoms with Crippen LogP contribution in [-0.4, -0.2) is 57.3 Å². The number of hydrogen-bond donors (Lipinski definition) is 3. The molecule has 2 aromatic carbocycles. The van der Waals surface area contributed by atoms with Crippen LogP contribution < -0.4 is 20.4 Å². The molecule has 2 aliphatic heterocycles. The van der Waals surface area contributed by atoms with Crippen LogP contribution in [0.1, 0.15) is 31.7 Å². The zero-order valence-electron chi connectivity index (χ0n) is 21.9. The Kier molecular flexibility index (Phi) is 7.07. The molecule has 4 heterocycles. The first-order chi connectivity index (χ1) is 19.3. The Labute approximate surface area is 241 Å². The Bertz CT molecular complexity index is 1600. The van der Waals surface area contributed by atoms with Crippen molar-refractivity contribution < 1.29 is 9.59 Å². The molecule has 40 heavy (non-hydrogen) atoms. The predicted molar refractivity (Wildman–Crippen MR) is 156 cm³/mol. The number of carbonyl (C=O) groups is 2. The number of nitrogens with zero attached hydrogens (tertiary/aromatic N) is 5. The third-order valence-electron chi connectivity index (χ3n) is 7.66. The fraction of sp³-hybridized carbons (Fsp3) is 0.321. The first kappa shape index (κ1) is 26.5.